The van der Waals surface area contributed by atoms with Crippen molar-refractivity contribution in [3.8, 4) is 5.75 Å². The maximum atomic E-state index is 6.21. The average Bonchev–Trinajstić information content (AvgIpc) is 2.73. The Balaban J connectivity index is 1.45. The van der Waals surface area contributed by atoms with Crippen LogP contribution in [-0.2, 0) is 11.3 Å². The fourth-order valence-corrected chi connectivity index (χ4v) is 3.91. The molecule has 0 amide bonds. The van der Waals surface area contributed by atoms with Crippen molar-refractivity contribution in [1.82, 2.24) is 0 Å². The Labute approximate surface area is 161 Å². The van der Waals surface area contributed by atoms with Crippen LogP contribution in [0.4, 0.5) is 5.69 Å². The molecule has 0 spiro atoms. The van der Waals surface area contributed by atoms with Crippen molar-refractivity contribution < 1.29 is 9.47 Å². The van der Waals surface area contributed by atoms with Crippen LogP contribution in [0.25, 0.3) is 10.8 Å². The maximum Gasteiger partial charge on any atom is 0.120 e. The number of hydrogen-bond acceptors (Lipinski definition) is 3. The molecule has 3 aromatic rings. The Morgan fingerprint density at radius 1 is 0.926 bits per heavy atom. The molecule has 140 valence electrons. The molecule has 1 heterocycles. The monoisotopic (exact) mass is 361 g/mol. The Morgan fingerprint density at radius 3 is 2.56 bits per heavy atom. The summed E-state index contributed by atoms with van der Waals surface area (Å²) in [5, 5.41) is 2.48. The van der Waals surface area contributed by atoms with Crippen LogP contribution in [0.1, 0.15) is 24.8 Å². The van der Waals surface area contributed by atoms with E-state index in [-0.39, 0.29) is 0 Å². The van der Waals surface area contributed by atoms with E-state index in [0.717, 1.165) is 18.9 Å². The molecule has 3 heteroatoms. The second-order valence-electron chi connectivity index (χ2n) is 7.26. The Kier molecular flexibility index (Phi) is 5.59. The molecule has 1 unspecified atom stereocenters. The predicted molar refractivity (Wildman–Crippen MR) is 112 cm³/mol. The lowest BCUT2D eigenvalue weighted by Gasteiger charge is -2.37. The van der Waals surface area contributed by atoms with E-state index < -0.39 is 0 Å². The number of fused-ring (bicyclic) bond motifs is 1. The molecule has 1 aliphatic rings. The maximum absolute atomic E-state index is 6.21. The van der Waals surface area contributed by atoms with Crippen molar-refractivity contribution in [2.24, 2.45) is 0 Å². The highest BCUT2D eigenvalue weighted by Gasteiger charge is 2.23. The van der Waals surface area contributed by atoms with Gasteiger partial charge in [-0.3, -0.25) is 0 Å². The van der Waals surface area contributed by atoms with Gasteiger partial charge in [-0.25, -0.2) is 0 Å². The topological polar surface area (TPSA) is 21.7 Å². The number of methoxy groups -OCH3 is 1. The van der Waals surface area contributed by atoms with Crippen molar-refractivity contribution in [2.75, 3.05) is 25.2 Å². The van der Waals surface area contributed by atoms with Gasteiger partial charge in [0.2, 0.25) is 0 Å². The summed E-state index contributed by atoms with van der Waals surface area (Å²) >= 11 is 0. The zero-order valence-corrected chi connectivity index (χ0v) is 15.9. The van der Waals surface area contributed by atoms with Crippen LogP contribution >= 0.6 is 0 Å². The normalized spacial score (nSPS) is 17.2. The molecule has 0 aliphatic carbocycles. The van der Waals surface area contributed by atoms with E-state index >= 15 is 0 Å². The second kappa shape index (κ2) is 8.45. The predicted octanol–water partition coefficient (Wildman–Crippen LogP) is 5.42. The molecule has 0 aromatic heterocycles. The van der Waals surface area contributed by atoms with Gasteiger partial charge in [-0.05, 0) is 59.9 Å². The van der Waals surface area contributed by atoms with Gasteiger partial charge in [-0.15, -0.1) is 0 Å². The molecule has 27 heavy (non-hydrogen) atoms. The van der Waals surface area contributed by atoms with Gasteiger partial charge in [-0.2, -0.15) is 0 Å². The van der Waals surface area contributed by atoms with Crippen LogP contribution in [0.2, 0.25) is 0 Å². The number of hydrogen-bond donors (Lipinski definition) is 0. The molecule has 0 radical (unpaired) electrons. The minimum absolute atomic E-state index is 0.415. The summed E-state index contributed by atoms with van der Waals surface area (Å²) in [5.41, 5.74) is 2.49. The van der Waals surface area contributed by atoms with E-state index in [2.05, 4.69) is 71.6 Å². The van der Waals surface area contributed by atoms with Crippen molar-refractivity contribution in [1.29, 1.82) is 0 Å². The van der Waals surface area contributed by atoms with Gasteiger partial charge in [0.1, 0.15) is 12.4 Å². The summed E-state index contributed by atoms with van der Waals surface area (Å²) < 4.78 is 11.4. The summed E-state index contributed by atoms with van der Waals surface area (Å²) in [6, 6.07) is 23.9. The molecule has 0 N–H and O–H groups in total. The lowest BCUT2D eigenvalue weighted by Crippen LogP contribution is -2.43. The summed E-state index contributed by atoms with van der Waals surface area (Å²) in [4.78, 5) is 2.50. The minimum atomic E-state index is 0.415. The van der Waals surface area contributed by atoms with Crippen molar-refractivity contribution >= 4 is 16.5 Å². The first-order valence-electron chi connectivity index (χ1n) is 9.79. The molecule has 4 rings (SSSR count). The zero-order valence-electron chi connectivity index (χ0n) is 15.9. The van der Waals surface area contributed by atoms with Gasteiger partial charge in [0.25, 0.3) is 0 Å². The number of benzene rings is 3. The first kappa shape index (κ1) is 17.9. The van der Waals surface area contributed by atoms with E-state index in [1.807, 2.05) is 0 Å². The van der Waals surface area contributed by atoms with Crippen LogP contribution in [0, 0.1) is 0 Å². The fourth-order valence-electron chi connectivity index (χ4n) is 3.91. The van der Waals surface area contributed by atoms with Crippen LogP contribution in [0.5, 0.6) is 5.75 Å². The van der Waals surface area contributed by atoms with Gasteiger partial charge in [0.15, 0.2) is 0 Å². The Hall–Kier alpha value is -2.52. The molecule has 0 bridgehead atoms. The molecule has 1 saturated heterocycles. The number of nitrogens with zero attached hydrogens (tertiary/aromatic N) is 1. The third-order valence-electron chi connectivity index (χ3n) is 5.37. The number of rotatable bonds is 6. The smallest absolute Gasteiger partial charge is 0.120 e. The highest BCUT2D eigenvalue weighted by Crippen LogP contribution is 2.27. The first-order chi connectivity index (χ1) is 13.3. The molecule has 1 atom stereocenters. The van der Waals surface area contributed by atoms with Gasteiger partial charge in [-0.1, -0.05) is 42.5 Å². The van der Waals surface area contributed by atoms with E-state index in [1.54, 1.807) is 7.11 Å². The molecule has 3 aromatic carbocycles. The fraction of sp³-hybridized carbons (Fsp3) is 0.333. The SMILES string of the molecule is COCc1ccc(N2CCCCC2COc2ccc3ccccc3c2)cc1. The second-order valence-corrected chi connectivity index (χ2v) is 7.26. The van der Waals surface area contributed by atoms with E-state index in [9.17, 15) is 0 Å². The molecular formula is C24H27NO2. The van der Waals surface area contributed by atoms with Gasteiger partial charge < -0.3 is 14.4 Å². The van der Waals surface area contributed by atoms with E-state index in [1.165, 1.54) is 41.3 Å². The summed E-state index contributed by atoms with van der Waals surface area (Å²) in [6.07, 6.45) is 3.68. The first-order valence-corrected chi connectivity index (χ1v) is 9.79. The minimum Gasteiger partial charge on any atom is -0.491 e. The third kappa shape index (κ3) is 4.25. The van der Waals surface area contributed by atoms with E-state index in [0.29, 0.717) is 12.6 Å². The quantitative estimate of drug-likeness (QED) is 0.585. The molecule has 1 fully saturated rings. The lowest BCUT2D eigenvalue weighted by molar-refractivity contribution is 0.185. The molecule has 1 aliphatic heterocycles. The van der Waals surface area contributed by atoms with E-state index in [4.69, 9.17) is 9.47 Å². The van der Waals surface area contributed by atoms with Crippen LogP contribution in [-0.4, -0.2) is 26.3 Å². The van der Waals surface area contributed by atoms with Crippen LogP contribution < -0.4 is 9.64 Å². The van der Waals surface area contributed by atoms with Gasteiger partial charge in [0.05, 0.1) is 12.6 Å². The lowest BCUT2D eigenvalue weighted by atomic mass is 10.0. The number of anilines is 1. The largest absolute Gasteiger partial charge is 0.491 e. The Bertz CT molecular complexity index is 875. The summed E-state index contributed by atoms with van der Waals surface area (Å²) in [6.45, 7) is 2.47. The number of piperidine rings is 1. The van der Waals surface area contributed by atoms with Gasteiger partial charge in [0, 0.05) is 19.3 Å². The van der Waals surface area contributed by atoms with Crippen LogP contribution in [0.3, 0.4) is 0 Å². The Morgan fingerprint density at radius 2 is 1.74 bits per heavy atom. The summed E-state index contributed by atoms with van der Waals surface area (Å²) in [5.74, 6) is 0.953. The van der Waals surface area contributed by atoms with Crippen molar-refractivity contribution in [3.63, 3.8) is 0 Å². The van der Waals surface area contributed by atoms with Gasteiger partial charge >= 0.3 is 0 Å². The zero-order chi connectivity index (χ0) is 18.5. The molecule has 3 nitrogen and oxygen atoms in total. The average molecular weight is 361 g/mol. The third-order valence-corrected chi connectivity index (χ3v) is 5.37. The number of ether oxygens (including phenoxy) is 2. The highest BCUT2D eigenvalue weighted by molar-refractivity contribution is 5.83. The van der Waals surface area contributed by atoms with Crippen molar-refractivity contribution in [2.45, 2.75) is 31.9 Å². The van der Waals surface area contributed by atoms with Crippen LogP contribution in [0.15, 0.2) is 66.7 Å². The standard InChI is InChI=1S/C24H27NO2/c1-26-17-19-9-12-22(13-10-19)25-15-5-4-8-23(25)18-27-24-14-11-20-6-2-3-7-21(20)16-24/h2-3,6-7,9-14,16,23H,4-5,8,15,17-18H2,1H3. The highest BCUT2D eigenvalue weighted by atomic mass is 16.5. The van der Waals surface area contributed by atoms with Crippen molar-refractivity contribution in [3.05, 3.63) is 72.3 Å². The summed E-state index contributed by atoms with van der Waals surface area (Å²) in [7, 11) is 1.73. The molecule has 0 saturated carbocycles. The molecular weight excluding hydrogens is 334 g/mol.